The second-order valence-electron chi connectivity index (χ2n) is 7.20. The SMILES string of the molecule is CC1=CC(=O)C2C[C@]1(O[C@@H]1O[C@H](CO)[C@@H](O)[C@H](O)[C@H]1O)C2(C)CO. The van der Waals surface area contributed by atoms with Crippen molar-refractivity contribution in [2.45, 2.75) is 56.6 Å². The van der Waals surface area contributed by atoms with E-state index in [2.05, 4.69) is 0 Å². The lowest BCUT2D eigenvalue weighted by Gasteiger charge is -2.64. The maximum absolute atomic E-state index is 12.1. The molecule has 0 aromatic rings. The Hall–Kier alpha value is -0.870. The van der Waals surface area contributed by atoms with E-state index in [1.807, 2.05) is 0 Å². The van der Waals surface area contributed by atoms with Crippen molar-refractivity contribution in [3.8, 4) is 0 Å². The van der Waals surface area contributed by atoms with E-state index in [0.717, 1.165) is 0 Å². The predicted molar refractivity (Wildman–Crippen MR) is 79.6 cm³/mol. The molecule has 2 unspecified atom stereocenters. The third-order valence-electron chi connectivity index (χ3n) is 6.02. The lowest BCUT2D eigenvalue weighted by molar-refractivity contribution is -0.357. The fraction of sp³-hybridized carbons (Fsp3) is 0.812. The number of ketones is 1. The highest BCUT2D eigenvalue weighted by Gasteiger charge is 2.70. The lowest BCUT2D eigenvalue weighted by Crippen LogP contribution is -2.72. The number of hydrogen-bond donors (Lipinski definition) is 5. The third-order valence-corrected chi connectivity index (χ3v) is 6.02. The van der Waals surface area contributed by atoms with E-state index in [4.69, 9.17) is 9.47 Å². The van der Waals surface area contributed by atoms with Crippen molar-refractivity contribution in [3.63, 3.8) is 0 Å². The van der Waals surface area contributed by atoms with Gasteiger partial charge in [-0.1, -0.05) is 6.92 Å². The van der Waals surface area contributed by atoms with Crippen LogP contribution in [0.1, 0.15) is 20.3 Å². The Labute approximate surface area is 139 Å². The summed E-state index contributed by atoms with van der Waals surface area (Å²) in [5.41, 5.74) is -1.25. The van der Waals surface area contributed by atoms with Gasteiger partial charge in [0.1, 0.15) is 30.0 Å². The normalized spacial score (nSPS) is 51.1. The minimum atomic E-state index is -1.54. The van der Waals surface area contributed by atoms with Crippen molar-refractivity contribution < 1.29 is 39.8 Å². The number of aliphatic hydroxyl groups excluding tert-OH is 5. The van der Waals surface area contributed by atoms with Gasteiger partial charge in [-0.2, -0.15) is 0 Å². The van der Waals surface area contributed by atoms with Gasteiger partial charge in [0, 0.05) is 11.3 Å². The van der Waals surface area contributed by atoms with Gasteiger partial charge >= 0.3 is 0 Å². The molecule has 1 saturated heterocycles. The number of allylic oxidation sites excluding steroid dienone is 1. The van der Waals surface area contributed by atoms with E-state index in [-0.39, 0.29) is 18.3 Å². The van der Waals surface area contributed by atoms with Crippen LogP contribution in [0.3, 0.4) is 0 Å². The van der Waals surface area contributed by atoms with Crippen molar-refractivity contribution in [1.29, 1.82) is 0 Å². The van der Waals surface area contributed by atoms with Crippen LogP contribution in [0.15, 0.2) is 11.6 Å². The number of carbonyl (C=O) groups excluding carboxylic acids is 1. The second kappa shape index (κ2) is 5.84. The first-order chi connectivity index (χ1) is 11.2. The highest BCUT2D eigenvalue weighted by Crippen LogP contribution is 2.63. The summed E-state index contributed by atoms with van der Waals surface area (Å²) in [5.74, 6) is -0.445. The summed E-state index contributed by atoms with van der Waals surface area (Å²) < 4.78 is 11.4. The van der Waals surface area contributed by atoms with Crippen LogP contribution in [0.25, 0.3) is 0 Å². The van der Waals surface area contributed by atoms with Crippen LogP contribution in [0.5, 0.6) is 0 Å². The molecule has 1 aliphatic heterocycles. The summed E-state index contributed by atoms with van der Waals surface area (Å²) in [5, 5.41) is 49.0. The molecule has 4 aliphatic rings. The van der Waals surface area contributed by atoms with Crippen LogP contribution in [-0.2, 0) is 14.3 Å². The Bertz CT molecular complexity index is 560. The van der Waals surface area contributed by atoms with E-state index in [0.29, 0.717) is 12.0 Å². The molecule has 0 spiro atoms. The third kappa shape index (κ3) is 2.15. The summed E-state index contributed by atoms with van der Waals surface area (Å²) in [6, 6.07) is 0. The van der Waals surface area contributed by atoms with Gasteiger partial charge in [-0.15, -0.1) is 0 Å². The monoisotopic (exact) mass is 344 g/mol. The molecule has 8 nitrogen and oxygen atoms in total. The highest BCUT2D eigenvalue weighted by molar-refractivity contribution is 5.97. The van der Waals surface area contributed by atoms with Crippen LogP contribution >= 0.6 is 0 Å². The molecule has 8 heteroatoms. The molecule has 4 rings (SSSR count). The van der Waals surface area contributed by atoms with Gasteiger partial charge in [0.05, 0.1) is 13.2 Å². The van der Waals surface area contributed by atoms with Crippen LogP contribution in [-0.4, -0.2) is 80.8 Å². The lowest BCUT2D eigenvalue weighted by atomic mass is 9.45. The molecule has 0 radical (unpaired) electrons. The molecule has 3 aliphatic carbocycles. The zero-order chi connectivity index (χ0) is 17.9. The molecule has 1 heterocycles. The van der Waals surface area contributed by atoms with Crippen molar-refractivity contribution >= 4 is 5.78 Å². The molecular weight excluding hydrogens is 320 g/mol. The standard InChI is InChI=1S/C16H24O8/c1-7-3-9(19)8-4-16(7,15(8,2)6-18)24-14-13(22)12(21)11(20)10(5-17)23-14/h3,8,10-14,17-18,20-22H,4-6H2,1-2H3/t8?,10-,11-,12+,13-,14+,15?,16-/m1/s1. The molecule has 0 amide bonds. The van der Waals surface area contributed by atoms with Gasteiger partial charge in [0.15, 0.2) is 12.1 Å². The average molecular weight is 344 g/mol. The highest BCUT2D eigenvalue weighted by atomic mass is 16.7. The summed E-state index contributed by atoms with van der Waals surface area (Å²) >= 11 is 0. The van der Waals surface area contributed by atoms with Crippen molar-refractivity contribution in [2.24, 2.45) is 11.3 Å². The quantitative estimate of drug-likeness (QED) is 0.398. The molecule has 2 fully saturated rings. The number of fused-ring (bicyclic) bond motifs is 1. The second-order valence-corrected chi connectivity index (χ2v) is 7.20. The van der Waals surface area contributed by atoms with E-state index in [1.165, 1.54) is 6.08 Å². The Balaban J connectivity index is 1.89. The molecule has 0 aromatic heterocycles. The molecule has 2 bridgehead atoms. The molecule has 5 N–H and O–H groups in total. The number of ether oxygens (including phenoxy) is 2. The maximum Gasteiger partial charge on any atom is 0.187 e. The summed E-state index contributed by atoms with van der Waals surface area (Å²) in [4.78, 5) is 12.1. The molecule has 0 aromatic carbocycles. The molecular formula is C16H24O8. The van der Waals surface area contributed by atoms with E-state index < -0.39 is 48.3 Å². The number of rotatable bonds is 4. The van der Waals surface area contributed by atoms with Crippen LogP contribution in [0, 0.1) is 11.3 Å². The van der Waals surface area contributed by atoms with Crippen molar-refractivity contribution in [2.75, 3.05) is 13.2 Å². The Kier molecular flexibility index (Phi) is 4.37. The van der Waals surface area contributed by atoms with Gasteiger partial charge in [-0.3, -0.25) is 4.79 Å². The Morgan fingerprint density at radius 1 is 1.25 bits per heavy atom. The number of hydrogen-bond acceptors (Lipinski definition) is 8. The fourth-order valence-corrected chi connectivity index (χ4v) is 4.23. The van der Waals surface area contributed by atoms with E-state index >= 15 is 0 Å². The summed E-state index contributed by atoms with van der Waals surface area (Å²) in [7, 11) is 0. The Morgan fingerprint density at radius 3 is 2.46 bits per heavy atom. The topological polar surface area (TPSA) is 137 Å². The van der Waals surface area contributed by atoms with Gasteiger partial charge in [-0.05, 0) is 25.0 Å². The summed E-state index contributed by atoms with van der Waals surface area (Å²) in [6.07, 6.45) is -5.09. The molecule has 24 heavy (non-hydrogen) atoms. The largest absolute Gasteiger partial charge is 0.396 e. The predicted octanol–water partition coefficient (Wildman–Crippen LogP) is -1.91. The smallest absolute Gasteiger partial charge is 0.187 e. The summed E-state index contributed by atoms with van der Waals surface area (Å²) in [6.45, 7) is 2.61. The van der Waals surface area contributed by atoms with Crippen molar-refractivity contribution in [3.05, 3.63) is 11.6 Å². The van der Waals surface area contributed by atoms with Crippen LogP contribution in [0.2, 0.25) is 0 Å². The molecule has 136 valence electrons. The zero-order valence-corrected chi connectivity index (χ0v) is 13.6. The van der Waals surface area contributed by atoms with E-state index in [9.17, 15) is 30.3 Å². The first-order valence-corrected chi connectivity index (χ1v) is 8.03. The molecule has 1 saturated carbocycles. The van der Waals surface area contributed by atoms with Crippen LogP contribution in [0.4, 0.5) is 0 Å². The average Bonchev–Trinajstić information content (AvgIpc) is 2.55. The minimum absolute atomic E-state index is 0.0664. The van der Waals surface area contributed by atoms with Gasteiger partial charge in [-0.25, -0.2) is 0 Å². The fourth-order valence-electron chi connectivity index (χ4n) is 4.23. The van der Waals surface area contributed by atoms with Crippen LogP contribution < -0.4 is 0 Å². The minimum Gasteiger partial charge on any atom is -0.396 e. The van der Waals surface area contributed by atoms with Gasteiger partial charge in [0.25, 0.3) is 0 Å². The molecule has 8 atom stereocenters. The number of aliphatic hydroxyl groups is 5. The van der Waals surface area contributed by atoms with Gasteiger partial charge in [0.2, 0.25) is 0 Å². The van der Waals surface area contributed by atoms with Crippen molar-refractivity contribution in [1.82, 2.24) is 0 Å². The van der Waals surface area contributed by atoms with Gasteiger partial charge < -0.3 is 35.0 Å². The Morgan fingerprint density at radius 2 is 1.92 bits per heavy atom. The first kappa shape index (κ1) is 17.9. The first-order valence-electron chi connectivity index (χ1n) is 8.03. The number of carbonyl (C=O) groups is 1. The zero-order valence-electron chi connectivity index (χ0n) is 13.6. The maximum atomic E-state index is 12.1. The van der Waals surface area contributed by atoms with E-state index in [1.54, 1.807) is 13.8 Å².